The van der Waals surface area contributed by atoms with Crippen molar-refractivity contribution < 1.29 is 0 Å². The van der Waals surface area contributed by atoms with Gasteiger partial charge in [-0.15, -0.1) is 0 Å². The molecule has 2 unspecified atom stereocenters. The van der Waals surface area contributed by atoms with Gasteiger partial charge in [-0.1, -0.05) is 20.3 Å². The van der Waals surface area contributed by atoms with E-state index in [0.29, 0.717) is 6.04 Å². The smallest absolute Gasteiger partial charge is 0.108 e. The molecule has 0 spiro atoms. The Morgan fingerprint density at radius 1 is 1.43 bits per heavy atom. The van der Waals surface area contributed by atoms with Gasteiger partial charge in [0.05, 0.1) is 6.07 Å². The second kappa shape index (κ2) is 7.78. The highest BCUT2D eigenvalue weighted by Crippen LogP contribution is 2.04. The Labute approximate surface area is 88.1 Å². The first-order valence-corrected chi connectivity index (χ1v) is 5.48. The van der Waals surface area contributed by atoms with E-state index in [2.05, 4.69) is 37.2 Å². The quantitative estimate of drug-likeness (QED) is 0.674. The third kappa shape index (κ3) is 5.21. The number of nitrogens with zero attached hydrogens (tertiary/aromatic N) is 2. The highest BCUT2D eigenvalue weighted by molar-refractivity contribution is 4.91. The third-order valence-corrected chi connectivity index (χ3v) is 2.54. The van der Waals surface area contributed by atoms with E-state index >= 15 is 0 Å². The number of likely N-dealkylation sites (N-methyl/N-ethyl adjacent to an activating group) is 2. The molecule has 0 saturated heterocycles. The minimum absolute atomic E-state index is 0.0377. The molecule has 0 aromatic heterocycles. The largest absolute Gasteiger partial charge is 0.301 e. The van der Waals surface area contributed by atoms with E-state index < -0.39 is 0 Å². The third-order valence-electron chi connectivity index (χ3n) is 2.54. The molecule has 3 nitrogen and oxygen atoms in total. The van der Waals surface area contributed by atoms with Gasteiger partial charge in [0.15, 0.2) is 0 Å². The van der Waals surface area contributed by atoms with E-state index in [0.717, 1.165) is 13.1 Å². The summed E-state index contributed by atoms with van der Waals surface area (Å²) >= 11 is 0. The van der Waals surface area contributed by atoms with E-state index in [4.69, 9.17) is 5.26 Å². The molecule has 0 aromatic rings. The zero-order valence-corrected chi connectivity index (χ0v) is 9.88. The van der Waals surface area contributed by atoms with Gasteiger partial charge >= 0.3 is 0 Å². The van der Waals surface area contributed by atoms with Crippen LogP contribution in [-0.4, -0.2) is 37.1 Å². The fourth-order valence-corrected chi connectivity index (χ4v) is 1.50. The maximum absolute atomic E-state index is 8.88. The molecule has 0 aliphatic rings. The molecule has 0 bridgehead atoms. The zero-order chi connectivity index (χ0) is 11.0. The van der Waals surface area contributed by atoms with E-state index in [1.165, 1.54) is 12.8 Å². The van der Waals surface area contributed by atoms with Crippen molar-refractivity contribution in [3.8, 4) is 6.07 Å². The first-order valence-electron chi connectivity index (χ1n) is 5.48. The Bertz CT molecular complexity index is 174. The van der Waals surface area contributed by atoms with Crippen LogP contribution in [0.2, 0.25) is 0 Å². The van der Waals surface area contributed by atoms with Crippen LogP contribution in [0.5, 0.6) is 0 Å². The number of hydrogen-bond donors (Lipinski definition) is 1. The van der Waals surface area contributed by atoms with Crippen LogP contribution in [0, 0.1) is 11.3 Å². The number of nitriles is 1. The lowest BCUT2D eigenvalue weighted by Crippen LogP contribution is -2.41. The molecule has 0 rings (SSSR count). The topological polar surface area (TPSA) is 39.1 Å². The molecule has 0 amide bonds. The van der Waals surface area contributed by atoms with Crippen LogP contribution in [0.1, 0.15) is 33.6 Å². The second-order valence-corrected chi connectivity index (χ2v) is 3.82. The van der Waals surface area contributed by atoms with Gasteiger partial charge in [-0.3, -0.25) is 0 Å². The molecule has 0 aliphatic heterocycles. The molecular weight excluding hydrogens is 174 g/mol. The summed E-state index contributed by atoms with van der Waals surface area (Å²) in [6.45, 7) is 8.10. The summed E-state index contributed by atoms with van der Waals surface area (Å²) < 4.78 is 0. The van der Waals surface area contributed by atoms with E-state index in [9.17, 15) is 0 Å². The van der Waals surface area contributed by atoms with Gasteiger partial charge in [0.2, 0.25) is 0 Å². The summed E-state index contributed by atoms with van der Waals surface area (Å²) in [5, 5.41) is 12.0. The number of nitrogens with one attached hydrogen (secondary N) is 1. The van der Waals surface area contributed by atoms with Gasteiger partial charge in [0.25, 0.3) is 0 Å². The standard InChI is InChI=1S/C11H23N3/c1-5-7-10(3)14(4)9-11(8-12)13-6-2/h10-11,13H,5-7,9H2,1-4H3. The Balaban J connectivity index is 3.89. The van der Waals surface area contributed by atoms with Crippen molar-refractivity contribution in [2.24, 2.45) is 0 Å². The lowest BCUT2D eigenvalue weighted by atomic mass is 10.1. The Hall–Kier alpha value is -0.590. The molecule has 0 radical (unpaired) electrons. The zero-order valence-electron chi connectivity index (χ0n) is 9.88. The minimum Gasteiger partial charge on any atom is -0.301 e. The van der Waals surface area contributed by atoms with Crippen LogP contribution in [-0.2, 0) is 0 Å². The molecule has 0 aliphatic carbocycles. The average Bonchev–Trinajstić information content (AvgIpc) is 2.17. The molecule has 0 aromatic carbocycles. The van der Waals surface area contributed by atoms with Crippen molar-refractivity contribution in [2.45, 2.75) is 45.7 Å². The van der Waals surface area contributed by atoms with Gasteiger partial charge in [0.1, 0.15) is 6.04 Å². The molecule has 0 fully saturated rings. The van der Waals surface area contributed by atoms with Crippen molar-refractivity contribution >= 4 is 0 Å². The molecular formula is C11H23N3. The van der Waals surface area contributed by atoms with E-state index in [1.54, 1.807) is 0 Å². The summed E-state index contributed by atoms with van der Waals surface area (Å²) in [4.78, 5) is 2.25. The first-order chi connectivity index (χ1) is 6.65. The van der Waals surface area contributed by atoms with Gasteiger partial charge in [-0.25, -0.2) is 0 Å². The highest BCUT2D eigenvalue weighted by atomic mass is 15.1. The molecule has 0 saturated carbocycles. The van der Waals surface area contributed by atoms with Crippen LogP contribution in [0.25, 0.3) is 0 Å². The average molecular weight is 197 g/mol. The number of hydrogen-bond acceptors (Lipinski definition) is 3. The molecule has 1 N–H and O–H groups in total. The maximum atomic E-state index is 8.88. The van der Waals surface area contributed by atoms with Crippen molar-refractivity contribution in [1.29, 1.82) is 5.26 Å². The Morgan fingerprint density at radius 2 is 2.07 bits per heavy atom. The van der Waals surface area contributed by atoms with Crippen molar-refractivity contribution in [2.75, 3.05) is 20.1 Å². The molecule has 82 valence electrons. The van der Waals surface area contributed by atoms with Crippen molar-refractivity contribution in [1.82, 2.24) is 10.2 Å². The second-order valence-electron chi connectivity index (χ2n) is 3.82. The van der Waals surface area contributed by atoms with Crippen LogP contribution >= 0.6 is 0 Å². The van der Waals surface area contributed by atoms with E-state index in [-0.39, 0.29) is 6.04 Å². The molecule has 0 heterocycles. The summed E-state index contributed by atoms with van der Waals surface area (Å²) in [5.74, 6) is 0. The predicted octanol–water partition coefficient (Wildman–Crippen LogP) is 1.61. The SMILES string of the molecule is CCCC(C)N(C)CC(C#N)NCC. The minimum atomic E-state index is -0.0377. The fraction of sp³-hybridized carbons (Fsp3) is 0.909. The maximum Gasteiger partial charge on any atom is 0.108 e. The summed E-state index contributed by atoms with van der Waals surface area (Å²) in [6.07, 6.45) is 2.39. The van der Waals surface area contributed by atoms with Crippen LogP contribution in [0.15, 0.2) is 0 Å². The molecule has 14 heavy (non-hydrogen) atoms. The summed E-state index contributed by atoms with van der Waals surface area (Å²) in [7, 11) is 2.09. The van der Waals surface area contributed by atoms with Gasteiger partial charge in [0, 0.05) is 12.6 Å². The van der Waals surface area contributed by atoms with Crippen molar-refractivity contribution in [3.05, 3.63) is 0 Å². The monoisotopic (exact) mass is 197 g/mol. The highest BCUT2D eigenvalue weighted by Gasteiger charge is 2.13. The van der Waals surface area contributed by atoms with Crippen LogP contribution in [0.4, 0.5) is 0 Å². The van der Waals surface area contributed by atoms with Crippen LogP contribution in [0.3, 0.4) is 0 Å². The van der Waals surface area contributed by atoms with E-state index in [1.807, 2.05) is 6.92 Å². The lowest BCUT2D eigenvalue weighted by molar-refractivity contribution is 0.232. The summed E-state index contributed by atoms with van der Waals surface area (Å²) in [5.41, 5.74) is 0. The van der Waals surface area contributed by atoms with Crippen molar-refractivity contribution in [3.63, 3.8) is 0 Å². The normalized spacial score (nSPS) is 15.1. The summed E-state index contributed by atoms with van der Waals surface area (Å²) in [6, 6.07) is 2.80. The predicted molar refractivity (Wildman–Crippen MR) is 60.1 cm³/mol. The molecule has 3 heteroatoms. The first kappa shape index (κ1) is 13.4. The van der Waals surface area contributed by atoms with Gasteiger partial charge in [-0.05, 0) is 26.9 Å². The Morgan fingerprint density at radius 3 is 2.50 bits per heavy atom. The number of rotatable bonds is 7. The lowest BCUT2D eigenvalue weighted by Gasteiger charge is -2.26. The van der Waals surface area contributed by atoms with Gasteiger partial charge in [-0.2, -0.15) is 5.26 Å². The Kier molecular flexibility index (Phi) is 7.45. The molecule has 2 atom stereocenters. The fourth-order valence-electron chi connectivity index (χ4n) is 1.50. The van der Waals surface area contributed by atoms with Crippen LogP contribution < -0.4 is 5.32 Å². The van der Waals surface area contributed by atoms with Gasteiger partial charge < -0.3 is 10.2 Å².